The highest BCUT2D eigenvalue weighted by Crippen LogP contribution is 2.15. The van der Waals surface area contributed by atoms with Crippen molar-refractivity contribution < 1.29 is 0 Å². The van der Waals surface area contributed by atoms with Gasteiger partial charge in [0.2, 0.25) is 0 Å². The minimum atomic E-state index is 0.0196. The molecule has 0 aliphatic heterocycles. The van der Waals surface area contributed by atoms with Gasteiger partial charge in [-0.25, -0.2) is 0 Å². The monoisotopic (exact) mass is 197 g/mol. The molecule has 0 saturated heterocycles. The molecule has 80 valence electrons. The first-order chi connectivity index (χ1) is 6.49. The van der Waals surface area contributed by atoms with Crippen molar-refractivity contribution in [1.29, 1.82) is 0 Å². The minimum Gasteiger partial charge on any atom is -0.326 e. The Morgan fingerprint density at radius 2 is 1.93 bits per heavy atom. The second-order valence-electron chi connectivity index (χ2n) is 4.13. The van der Waals surface area contributed by atoms with Crippen LogP contribution in [0.5, 0.6) is 0 Å². The summed E-state index contributed by atoms with van der Waals surface area (Å²) < 4.78 is 1.64. The molecule has 3 N–H and O–H groups in total. The summed E-state index contributed by atoms with van der Waals surface area (Å²) in [6.07, 6.45) is 0. The molecule has 0 aliphatic rings. The van der Waals surface area contributed by atoms with Gasteiger partial charge in [0.15, 0.2) is 0 Å². The lowest BCUT2D eigenvalue weighted by Gasteiger charge is -2.06. The van der Waals surface area contributed by atoms with Gasteiger partial charge in [-0.3, -0.25) is 14.6 Å². The normalized spacial score (nSPS) is 11.6. The van der Waals surface area contributed by atoms with Gasteiger partial charge in [0, 0.05) is 18.3 Å². The molecule has 0 radical (unpaired) electrons. The van der Waals surface area contributed by atoms with Crippen molar-refractivity contribution >= 4 is 0 Å². The maximum atomic E-state index is 11.8. The first kappa shape index (κ1) is 11.0. The number of rotatable bonds is 3. The van der Waals surface area contributed by atoms with Crippen molar-refractivity contribution in [3.63, 3.8) is 0 Å². The number of nitrogens with one attached hydrogen (secondary N) is 1. The van der Waals surface area contributed by atoms with E-state index >= 15 is 0 Å². The standard InChI is InChI=1S/C10H19N3O/c1-6(2)9-8(5-11)10(14)13(12-9)7(3)4/h6-7,12H,5,11H2,1-4H3. The van der Waals surface area contributed by atoms with Crippen LogP contribution in [-0.4, -0.2) is 9.78 Å². The molecule has 1 rings (SSSR count). The van der Waals surface area contributed by atoms with Crippen LogP contribution >= 0.6 is 0 Å². The molecule has 0 aliphatic carbocycles. The Morgan fingerprint density at radius 3 is 2.21 bits per heavy atom. The van der Waals surface area contributed by atoms with Crippen LogP contribution in [0.25, 0.3) is 0 Å². The van der Waals surface area contributed by atoms with Crippen molar-refractivity contribution in [3.05, 3.63) is 21.6 Å². The zero-order valence-corrected chi connectivity index (χ0v) is 9.29. The van der Waals surface area contributed by atoms with E-state index in [0.717, 1.165) is 5.69 Å². The Balaban J connectivity index is 3.32. The molecule has 4 heteroatoms. The topological polar surface area (TPSA) is 63.8 Å². The van der Waals surface area contributed by atoms with Crippen LogP contribution in [0.15, 0.2) is 4.79 Å². The lowest BCUT2D eigenvalue weighted by Crippen LogP contribution is -2.22. The van der Waals surface area contributed by atoms with E-state index in [-0.39, 0.29) is 11.6 Å². The first-order valence-electron chi connectivity index (χ1n) is 5.02. The molecule has 1 heterocycles. The maximum absolute atomic E-state index is 11.8. The number of nitrogens with zero attached hydrogens (tertiary/aromatic N) is 1. The SMILES string of the molecule is CC(C)c1[nH]n(C(C)C)c(=O)c1CN. The predicted molar refractivity (Wildman–Crippen MR) is 57.4 cm³/mol. The molecule has 1 aromatic rings. The van der Waals surface area contributed by atoms with Crippen molar-refractivity contribution in [2.24, 2.45) is 5.73 Å². The van der Waals surface area contributed by atoms with Crippen LogP contribution in [0.1, 0.15) is 50.9 Å². The quantitative estimate of drug-likeness (QED) is 0.768. The molecule has 0 atom stereocenters. The third kappa shape index (κ3) is 1.75. The lowest BCUT2D eigenvalue weighted by atomic mass is 10.1. The number of aromatic nitrogens is 2. The molecule has 0 spiro atoms. The van der Waals surface area contributed by atoms with Gasteiger partial charge >= 0.3 is 0 Å². The van der Waals surface area contributed by atoms with Crippen molar-refractivity contribution in [1.82, 2.24) is 9.78 Å². The van der Waals surface area contributed by atoms with E-state index in [2.05, 4.69) is 18.9 Å². The molecular formula is C10H19N3O. The number of aromatic amines is 1. The molecule has 1 aromatic heterocycles. The molecule has 0 fully saturated rings. The summed E-state index contributed by atoms with van der Waals surface area (Å²) in [5.41, 5.74) is 7.27. The second-order valence-corrected chi connectivity index (χ2v) is 4.13. The highest BCUT2D eigenvalue weighted by atomic mass is 16.1. The van der Waals surface area contributed by atoms with E-state index in [0.29, 0.717) is 18.0 Å². The molecule has 0 bridgehead atoms. The average molecular weight is 197 g/mol. The Hall–Kier alpha value is -1.03. The highest BCUT2D eigenvalue weighted by Gasteiger charge is 2.16. The highest BCUT2D eigenvalue weighted by molar-refractivity contribution is 5.20. The zero-order chi connectivity index (χ0) is 10.9. The fraction of sp³-hybridized carbons (Fsp3) is 0.700. The van der Waals surface area contributed by atoms with Gasteiger partial charge in [-0.2, -0.15) is 0 Å². The van der Waals surface area contributed by atoms with Crippen LogP contribution in [-0.2, 0) is 6.54 Å². The Morgan fingerprint density at radius 1 is 1.36 bits per heavy atom. The summed E-state index contributed by atoms with van der Waals surface area (Å²) in [7, 11) is 0. The molecular weight excluding hydrogens is 178 g/mol. The fourth-order valence-corrected chi connectivity index (χ4v) is 1.55. The summed E-state index contributed by atoms with van der Waals surface area (Å²) in [6, 6.07) is 0.153. The third-order valence-electron chi connectivity index (χ3n) is 2.34. The third-order valence-corrected chi connectivity index (χ3v) is 2.34. The Labute approximate surface area is 84.1 Å². The van der Waals surface area contributed by atoms with Crippen LogP contribution in [0.3, 0.4) is 0 Å². The Bertz CT molecular complexity index is 360. The molecule has 14 heavy (non-hydrogen) atoms. The van der Waals surface area contributed by atoms with E-state index < -0.39 is 0 Å². The predicted octanol–water partition coefficient (Wildman–Crippen LogP) is 1.34. The number of H-pyrrole nitrogens is 1. The van der Waals surface area contributed by atoms with E-state index in [4.69, 9.17) is 5.73 Å². The summed E-state index contributed by atoms with van der Waals surface area (Å²) in [6.45, 7) is 8.36. The van der Waals surface area contributed by atoms with Crippen LogP contribution in [0.4, 0.5) is 0 Å². The molecule has 0 aromatic carbocycles. The number of hydrogen-bond donors (Lipinski definition) is 2. The maximum Gasteiger partial charge on any atom is 0.271 e. The van der Waals surface area contributed by atoms with E-state index in [9.17, 15) is 4.79 Å². The summed E-state index contributed by atoms with van der Waals surface area (Å²) in [5.74, 6) is 0.307. The summed E-state index contributed by atoms with van der Waals surface area (Å²) in [4.78, 5) is 11.8. The van der Waals surface area contributed by atoms with Gasteiger partial charge in [-0.1, -0.05) is 13.8 Å². The first-order valence-corrected chi connectivity index (χ1v) is 5.02. The van der Waals surface area contributed by atoms with Gasteiger partial charge in [0.05, 0.1) is 5.56 Å². The van der Waals surface area contributed by atoms with Crippen LogP contribution in [0, 0.1) is 0 Å². The van der Waals surface area contributed by atoms with Crippen molar-refractivity contribution in [2.75, 3.05) is 0 Å². The minimum absolute atomic E-state index is 0.0196. The van der Waals surface area contributed by atoms with E-state index in [1.807, 2.05) is 13.8 Å². The van der Waals surface area contributed by atoms with Gasteiger partial charge in [-0.05, 0) is 19.8 Å². The van der Waals surface area contributed by atoms with Crippen LogP contribution in [0.2, 0.25) is 0 Å². The van der Waals surface area contributed by atoms with Gasteiger partial charge in [-0.15, -0.1) is 0 Å². The van der Waals surface area contributed by atoms with Gasteiger partial charge in [0.25, 0.3) is 5.56 Å². The van der Waals surface area contributed by atoms with Gasteiger partial charge in [0.1, 0.15) is 0 Å². The molecule has 0 amide bonds. The number of nitrogens with two attached hydrogens (primary N) is 1. The molecule has 0 unspecified atom stereocenters. The van der Waals surface area contributed by atoms with Crippen LogP contribution < -0.4 is 11.3 Å². The van der Waals surface area contributed by atoms with Crippen molar-refractivity contribution in [2.45, 2.75) is 46.2 Å². The van der Waals surface area contributed by atoms with E-state index in [1.165, 1.54) is 0 Å². The molecule has 4 nitrogen and oxygen atoms in total. The average Bonchev–Trinajstić information content (AvgIpc) is 2.42. The molecule has 0 saturated carbocycles. The summed E-state index contributed by atoms with van der Waals surface area (Å²) >= 11 is 0. The fourth-order valence-electron chi connectivity index (χ4n) is 1.55. The lowest BCUT2D eigenvalue weighted by molar-refractivity contribution is 0.508. The Kier molecular flexibility index (Phi) is 3.16. The van der Waals surface area contributed by atoms with Crippen molar-refractivity contribution in [3.8, 4) is 0 Å². The zero-order valence-electron chi connectivity index (χ0n) is 9.29. The smallest absolute Gasteiger partial charge is 0.271 e. The largest absolute Gasteiger partial charge is 0.326 e. The van der Waals surface area contributed by atoms with E-state index in [1.54, 1.807) is 4.68 Å². The number of hydrogen-bond acceptors (Lipinski definition) is 2. The summed E-state index contributed by atoms with van der Waals surface area (Å²) in [5, 5.41) is 3.12. The second kappa shape index (κ2) is 4.00. The van der Waals surface area contributed by atoms with Gasteiger partial charge < -0.3 is 5.73 Å².